The third-order valence-corrected chi connectivity index (χ3v) is 6.01. The van der Waals surface area contributed by atoms with Crippen molar-refractivity contribution in [2.24, 2.45) is 0 Å². The fourth-order valence-electron chi connectivity index (χ4n) is 3.33. The molecule has 1 atom stereocenters. The summed E-state index contributed by atoms with van der Waals surface area (Å²) in [4.78, 5) is 24.3. The second-order valence-corrected chi connectivity index (χ2v) is 9.98. The van der Waals surface area contributed by atoms with Crippen LogP contribution in [0.15, 0.2) is 47.4 Å². The molecule has 0 bridgehead atoms. The standard InChI is InChI=1S/C26H35NO6S/c1-26(2,3)33-25(30)27-24(18-10-12-19(31-4)13-11-18)21-15-14-20(17-22(21)32-5)34-16-8-6-7-9-23(28)29/h10-15,17,24H,6-9,16H2,1-5H3,(H,27,30)(H,28,29). The van der Waals surface area contributed by atoms with E-state index in [1.807, 2.05) is 63.2 Å². The second kappa shape index (κ2) is 13.1. The van der Waals surface area contributed by atoms with E-state index in [-0.39, 0.29) is 6.42 Å². The molecular formula is C26H35NO6S. The van der Waals surface area contributed by atoms with Gasteiger partial charge in [0.05, 0.1) is 20.3 Å². The maximum Gasteiger partial charge on any atom is 0.408 e. The van der Waals surface area contributed by atoms with E-state index >= 15 is 0 Å². The fraction of sp³-hybridized carbons (Fsp3) is 0.462. The van der Waals surface area contributed by atoms with Crippen molar-refractivity contribution in [3.05, 3.63) is 53.6 Å². The molecule has 0 saturated heterocycles. The number of carboxylic acid groups (broad SMARTS) is 1. The van der Waals surface area contributed by atoms with Crippen molar-refractivity contribution in [3.63, 3.8) is 0 Å². The molecule has 7 nitrogen and oxygen atoms in total. The molecule has 2 aromatic rings. The van der Waals surface area contributed by atoms with Crippen molar-refractivity contribution in [2.75, 3.05) is 20.0 Å². The Morgan fingerprint density at radius 2 is 1.71 bits per heavy atom. The van der Waals surface area contributed by atoms with E-state index in [0.717, 1.165) is 40.4 Å². The number of alkyl carbamates (subject to hydrolysis) is 1. The number of ether oxygens (including phenoxy) is 3. The smallest absolute Gasteiger partial charge is 0.408 e. The molecule has 0 aliphatic rings. The molecule has 0 aliphatic heterocycles. The average molecular weight is 490 g/mol. The van der Waals surface area contributed by atoms with E-state index < -0.39 is 23.7 Å². The molecule has 2 N–H and O–H groups in total. The molecule has 0 fully saturated rings. The van der Waals surface area contributed by atoms with Crippen LogP contribution in [0.1, 0.15) is 63.6 Å². The van der Waals surface area contributed by atoms with Crippen molar-refractivity contribution >= 4 is 23.8 Å². The monoisotopic (exact) mass is 489 g/mol. The number of hydrogen-bond acceptors (Lipinski definition) is 6. The van der Waals surface area contributed by atoms with Gasteiger partial charge in [-0.2, -0.15) is 0 Å². The first kappa shape index (κ1) is 27.4. The largest absolute Gasteiger partial charge is 0.497 e. The zero-order valence-electron chi connectivity index (χ0n) is 20.6. The number of carbonyl (C=O) groups excluding carboxylic acids is 1. The van der Waals surface area contributed by atoms with Gasteiger partial charge in [-0.05, 0) is 69.2 Å². The lowest BCUT2D eigenvalue weighted by molar-refractivity contribution is -0.137. The number of nitrogens with one attached hydrogen (secondary N) is 1. The molecule has 2 aromatic carbocycles. The summed E-state index contributed by atoms with van der Waals surface area (Å²) in [6.45, 7) is 5.47. The highest BCUT2D eigenvalue weighted by Crippen LogP contribution is 2.35. The van der Waals surface area contributed by atoms with Crippen LogP contribution in [0.5, 0.6) is 11.5 Å². The summed E-state index contributed by atoms with van der Waals surface area (Å²) in [6, 6.07) is 12.9. The van der Waals surface area contributed by atoms with Gasteiger partial charge in [-0.1, -0.05) is 24.6 Å². The number of thioether (sulfide) groups is 1. The van der Waals surface area contributed by atoms with Gasteiger partial charge < -0.3 is 24.6 Å². The summed E-state index contributed by atoms with van der Waals surface area (Å²) < 4.78 is 16.5. The van der Waals surface area contributed by atoms with Gasteiger partial charge in [-0.25, -0.2) is 4.79 Å². The van der Waals surface area contributed by atoms with Crippen LogP contribution in [0.4, 0.5) is 4.79 Å². The maximum atomic E-state index is 12.6. The molecule has 0 aliphatic carbocycles. The van der Waals surface area contributed by atoms with Gasteiger partial charge in [0.2, 0.25) is 0 Å². The highest BCUT2D eigenvalue weighted by molar-refractivity contribution is 7.99. The molecule has 0 aromatic heterocycles. The first-order valence-corrected chi connectivity index (χ1v) is 12.3. The highest BCUT2D eigenvalue weighted by atomic mass is 32.2. The Labute approximate surface area is 206 Å². The predicted octanol–water partition coefficient (Wildman–Crippen LogP) is 6.06. The number of amides is 1. The molecule has 34 heavy (non-hydrogen) atoms. The van der Waals surface area contributed by atoms with Gasteiger partial charge >= 0.3 is 12.1 Å². The molecule has 2 rings (SSSR count). The molecule has 8 heteroatoms. The molecule has 1 unspecified atom stereocenters. The van der Waals surface area contributed by atoms with Gasteiger partial charge in [0.1, 0.15) is 17.1 Å². The first-order valence-electron chi connectivity index (χ1n) is 11.3. The van der Waals surface area contributed by atoms with Gasteiger partial charge in [-0.15, -0.1) is 11.8 Å². The Bertz CT molecular complexity index is 939. The SMILES string of the molecule is COc1ccc(C(NC(=O)OC(C)(C)C)c2ccc(SCCCCCC(=O)O)cc2OC)cc1. The minimum absolute atomic E-state index is 0.213. The van der Waals surface area contributed by atoms with Crippen molar-refractivity contribution < 1.29 is 28.9 Å². The summed E-state index contributed by atoms with van der Waals surface area (Å²) in [5.74, 6) is 1.52. The number of carbonyl (C=O) groups is 2. The minimum Gasteiger partial charge on any atom is -0.497 e. The lowest BCUT2D eigenvalue weighted by Gasteiger charge is -2.25. The van der Waals surface area contributed by atoms with Crippen LogP contribution in [0.2, 0.25) is 0 Å². The Balaban J connectivity index is 2.21. The Morgan fingerprint density at radius 1 is 1.00 bits per heavy atom. The van der Waals surface area contributed by atoms with Crippen molar-refractivity contribution in [3.8, 4) is 11.5 Å². The van der Waals surface area contributed by atoms with E-state index in [2.05, 4.69) is 5.32 Å². The molecular weight excluding hydrogens is 454 g/mol. The van der Waals surface area contributed by atoms with Gasteiger partial charge in [0, 0.05) is 16.9 Å². The summed E-state index contributed by atoms with van der Waals surface area (Å²) >= 11 is 1.70. The van der Waals surface area contributed by atoms with Crippen LogP contribution in [0, 0.1) is 0 Å². The molecule has 0 saturated carbocycles. The van der Waals surface area contributed by atoms with Crippen LogP contribution in [0.3, 0.4) is 0 Å². The quantitative estimate of drug-likeness (QED) is 0.277. The van der Waals surface area contributed by atoms with Gasteiger partial charge in [0.15, 0.2) is 0 Å². The molecule has 1 amide bonds. The first-order chi connectivity index (χ1) is 16.1. The van der Waals surface area contributed by atoms with Crippen LogP contribution < -0.4 is 14.8 Å². The number of unbranched alkanes of at least 4 members (excludes halogenated alkanes) is 2. The zero-order valence-corrected chi connectivity index (χ0v) is 21.4. The van der Waals surface area contributed by atoms with E-state index in [0.29, 0.717) is 12.2 Å². The summed E-state index contributed by atoms with van der Waals surface area (Å²) in [5.41, 5.74) is 1.05. The number of methoxy groups -OCH3 is 2. The molecule has 0 spiro atoms. The van der Waals surface area contributed by atoms with E-state index in [1.165, 1.54) is 0 Å². The lowest BCUT2D eigenvalue weighted by atomic mass is 9.97. The number of hydrogen-bond donors (Lipinski definition) is 2. The Hall–Kier alpha value is -2.87. The summed E-state index contributed by atoms with van der Waals surface area (Å²) in [6.07, 6.45) is 2.21. The average Bonchev–Trinajstić information content (AvgIpc) is 2.78. The summed E-state index contributed by atoms with van der Waals surface area (Å²) in [5, 5.41) is 11.7. The van der Waals surface area contributed by atoms with Crippen LogP contribution in [-0.2, 0) is 9.53 Å². The van der Waals surface area contributed by atoms with Crippen molar-refractivity contribution in [1.29, 1.82) is 0 Å². The minimum atomic E-state index is -0.751. The van der Waals surface area contributed by atoms with Crippen LogP contribution in [-0.4, -0.2) is 42.7 Å². The topological polar surface area (TPSA) is 94.1 Å². The summed E-state index contributed by atoms with van der Waals surface area (Å²) in [7, 11) is 3.22. The van der Waals surface area contributed by atoms with Crippen molar-refractivity contribution in [1.82, 2.24) is 5.32 Å². The lowest BCUT2D eigenvalue weighted by Crippen LogP contribution is -2.35. The third kappa shape index (κ3) is 9.17. The Kier molecular flexibility index (Phi) is 10.6. The number of rotatable bonds is 12. The van der Waals surface area contributed by atoms with Crippen molar-refractivity contribution in [2.45, 2.75) is 63.0 Å². The van der Waals surface area contributed by atoms with Crippen LogP contribution >= 0.6 is 11.8 Å². The van der Waals surface area contributed by atoms with Gasteiger partial charge in [0.25, 0.3) is 0 Å². The van der Waals surface area contributed by atoms with Crippen LogP contribution in [0.25, 0.3) is 0 Å². The number of benzene rings is 2. The zero-order chi connectivity index (χ0) is 25.1. The maximum absolute atomic E-state index is 12.6. The fourth-order valence-corrected chi connectivity index (χ4v) is 4.27. The Morgan fingerprint density at radius 3 is 2.29 bits per heavy atom. The number of aliphatic carboxylic acids is 1. The molecule has 0 radical (unpaired) electrons. The predicted molar refractivity (Wildman–Crippen MR) is 134 cm³/mol. The van der Waals surface area contributed by atoms with E-state index in [4.69, 9.17) is 19.3 Å². The molecule has 186 valence electrons. The molecule has 0 heterocycles. The van der Waals surface area contributed by atoms with Gasteiger partial charge in [-0.3, -0.25) is 4.79 Å². The number of carboxylic acids is 1. The van der Waals surface area contributed by atoms with E-state index in [9.17, 15) is 9.59 Å². The van der Waals surface area contributed by atoms with E-state index in [1.54, 1.807) is 26.0 Å². The second-order valence-electron chi connectivity index (χ2n) is 8.81. The normalized spacial score (nSPS) is 12.0. The third-order valence-electron chi connectivity index (χ3n) is 4.93. The highest BCUT2D eigenvalue weighted by Gasteiger charge is 2.24.